The molecule has 0 aromatic heterocycles. The number of isothiocyanates is 1. The summed E-state index contributed by atoms with van der Waals surface area (Å²) in [4.78, 5) is 43.8. The van der Waals surface area contributed by atoms with Gasteiger partial charge in [-0.2, -0.15) is 4.99 Å². The van der Waals surface area contributed by atoms with Gasteiger partial charge in [0, 0.05) is 64.9 Å². The number of carbonyl (C=O) groups is 2. The summed E-state index contributed by atoms with van der Waals surface area (Å²) in [5, 5.41) is 39.3. The normalized spacial score (nSPS) is 19.3. The van der Waals surface area contributed by atoms with Crippen LogP contribution in [0.4, 0.5) is 5.69 Å². The van der Waals surface area contributed by atoms with Crippen molar-refractivity contribution in [2.24, 2.45) is 4.99 Å². The van der Waals surface area contributed by atoms with E-state index in [1.165, 1.54) is 0 Å². The minimum absolute atomic E-state index is 0.102. The van der Waals surface area contributed by atoms with Gasteiger partial charge in [-0.25, -0.2) is 9.78 Å². The van der Waals surface area contributed by atoms with Gasteiger partial charge in [-0.05, 0) is 36.3 Å². The van der Waals surface area contributed by atoms with Crippen molar-refractivity contribution in [3.05, 3.63) is 29.8 Å². The number of aliphatic imine (C=N–C) groups is 1. The minimum Gasteiger partial charge on any atom is -0.480 e. The quantitative estimate of drug-likeness (QED) is 0.117. The Balaban J connectivity index is 2.36. The molecule has 1 heterocycles. The van der Waals surface area contributed by atoms with E-state index >= 15 is 0 Å². The first-order chi connectivity index (χ1) is 18.3. The molecule has 1 aliphatic heterocycles. The number of carboxylic acids is 2. The third-order valence-electron chi connectivity index (χ3n) is 6.43. The van der Waals surface area contributed by atoms with Gasteiger partial charge in [0.2, 0.25) is 0 Å². The number of benzene rings is 1. The number of aliphatic carboxylic acids is 2. The molecule has 0 amide bonds. The van der Waals surface area contributed by atoms with Gasteiger partial charge in [0.15, 0.2) is 0 Å². The Morgan fingerprint density at radius 1 is 0.868 bits per heavy atom. The molecule has 14 heteroatoms. The molecule has 1 fully saturated rings. The molecule has 0 saturated carbocycles. The van der Waals surface area contributed by atoms with E-state index in [-0.39, 0.29) is 32.3 Å². The van der Waals surface area contributed by atoms with Crippen LogP contribution in [0, 0.1) is 0 Å². The molecule has 13 nitrogen and oxygen atoms in total. The number of thiocarbonyl (C=S) groups is 1. The zero-order chi connectivity index (χ0) is 27.8. The van der Waals surface area contributed by atoms with Crippen molar-refractivity contribution in [3.63, 3.8) is 0 Å². The summed E-state index contributed by atoms with van der Waals surface area (Å²) in [7, 11) is 0. The molecule has 1 saturated heterocycles. The number of hydrogen-bond donors (Lipinski definition) is 4. The predicted octanol–water partition coefficient (Wildman–Crippen LogP) is 0.702. The van der Waals surface area contributed by atoms with Gasteiger partial charge >= 0.3 is 11.9 Å². The van der Waals surface area contributed by atoms with Gasteiger partial charge in [0.25, 0.3) is 0 Å². The monoisotopic (exact) mass is 555 g/mol. The second-order valence-electron chi connectivity index (χ2n) is 9.07. The van der Waals surface area contributed by atoms with Crippen molar-refractivity contribution in [1.82, 2.24) is 19.6 Å². The maximum Gasteiger partial charge on any atom is 0.317 e. The Hall–Kier alpha value is -2.36. The molecule has 0 radical (unpaired) electrons. The maximum atomic E-state index is 11.8. The molecule has 1 aromatic carbocycles. The van der Waals surface area contributed by atoms with Crippen LogP contribution in [-0.2, 0) is 25.8 Å². The van der Waals surface area contributed by atoms with Crippen molar-refractivity contribution in [2.75, 3.05) is 85.2 Å². The van der Waals surface area contributed by atoms with Crippen LogP contribution in [0.5, 0.6) is 0 Å². The highest BCUT2D eigenvalue weighted by Crippen LogP contribution is 2.17. The summed E-state index contributed by atoms with van der Waals surface area (Å²) in [6, 6.07) is 7.10. The molecule has 0 spiro atoms. The van der Waals surface area contributed by atoms with Gasteiger partial charge in [-0.3, -0.25) is 39.7 Å². The third-order valence-corrected chi connectivity index (χ3v) is 6.52. The fraction of sp³-hybridized carbons (Fsp3) is 0.625. The number of nitrogens with zero attached hydrogens (tertiary/aromatic N) is 5. The SMILES string of the molecule is O=C(O)CN1CCN(CCOO)CCN(CCOO)CCN(CC(=O)O)C(Cc2ccc(N=C=S)cc2)C1. The molecule has 0 bridgehead atoms. The molecule has 1 atom stereocenters. The van der Waals surface area contributed by atoms with Crippen LogP contribution in [0.1, 0.15) is 5.56 Å². The van der Waals surface area contributed by atoms with Crippen molar-refractivity contribution in [1.29, 1.82) is 0 Å². The molecule has 4 N–H and O–H groups in total. The molecule has 212 valence electrons. The molecule has 38 heavy (non-hydrogen) atoms. The lowest BCUT2D eigenvalue weighted by Gasteiger charge is -2.38. The van der Waals surface area contributed by atoms with Crippen LogP contribution in [0.15, 0.2) is 29.3 Å². The van der Waals surface area contributed by atoms with E-state index in [1.807, 2.05) is 21.9 Å². The van der Waals surface area contributed by atoms with E-state index in [2.05, 4.69) is 41.9 Å². The van der Waals surface area contributed by atoms with E-state index in [9.17, 15) is 19.8 Å². The second kappa shape index (κ2) is 18.0. The van der Waals surface area contributed by atoms with Crippen molar-refractivity contribution < 1.29 is 40.1 Å². The first-order valence-electron chi connectivity index (χ1n) is 12.4. The van der Waals surface area contributed by atoms with Crippen LogP contribution in [0.3, 0.4) is 0 Å². The summed E-state index contributed by atoms with van der Waals surface area (Å²) in [6.45, 7) is 4.13. The van der Waals surface area contributed by atoms with Crippen LogP contribution >= 0.6 is 12.2 Å². The van der Waals surface area contributed by atoms with Crippen molar-refractivity contribution in [3.8, 4) is 0 Å². The molecular weight excluding hydrogens is 518 g/mol. The fourth-order valence-electron chi connectivity index (χ4n) is 4.48. The highest BCUT2D eigenvalue weighted by atomic mass is 32.1. The lowest BCUT2D eigenvalue weighted by molar-refractivity contribution is -0.245. The molecule has 1 aromatic rings. The summed E-state index contributed by atoms with van der Waals surface area (Å²) in [6.07, 6.45) is 0.493. The van der Waals surface area contributed by atoms with E-state index in [0.717, 1.165) is 5.56 Å². The molecule has 2 rings (SSSR count). The average molecular weight is 556 g/mol. The molecular formula is C24H37N5O8S. The topological polar surface area (TPSA) is 159 Å². The Morgan fingerprint density at radius 3 is 1.89 bits per heavy atom. The van der Waals surface area contributed by atoms with E-state index in [0.29, 0.717) is 71.0 Å². The highest BCUT2D eigenvalue weighted by molar-refractivity contribution is 7.78. The zero-order valence-electron chi connectivity index (χ0n) is 21.4. The van der Waals surface area contributed by atoms with Crippen LogP contribution < -0.4 is 0 Å². The Labute approximate surface area is 227 Å². The van der Waals surface area contributed by atoms with Crippen molar-refractivity contribution >= 4 is 35.0 Å². The summed E-state index contributed by atoms with van der Waals surface area (Å²) in [5.74, 6) is -1.94. The zero-order valence-corrected chi connectivity index (χ0v) is 22.2. The van der Waals surface area contributed by atoms with E-state index in [1.54, 1.807) is 12.1 Å². The van der Waals surface area contributed by atoms with Crippen LogP contribution in [0.2, 0.25) is 0 Å². The maximum absolute atomic E-state index is 11.8. The lowest BCUT2D eigenvalue weighted by Crippen LogP contribution is -2.53. The Morgan fingerprint density at radius 2 is 1.39 bits per heavy atom. The molecule has 1 aliphatic rings. The highest BCUT2D eigenvalue weighted by Gasteiger charge is 2.26. The van der Waals surface area contributed by atoms with Gasteiger partial charge < -0.3 is 10.2 Å². The first-order valence-corrected chi connectivity index (χ1v) is 12.8. The van der Waals surface area contributed by atoms with Gasteiger partial charge in [-0.15, -0.1) is 0 Å². The second-order valence-corrected chi connectivity index (χ2v) is 9.25. The first kappa shape index (κ1) is 31.9. The smallest absolute Gasteiger partial charge is 0.317 e. The fourth-order valence-corrected chi connectivity index (χ4v) is 4.58. The van der Waals surface area contributed by atoms with Crippen molar-refractivity contribution in [2.45, 2.75) is 12.5 Å². The van der Waals surface area contributed by atoms with Gasteiger partial charge in [0.05, 0.1) is 37.2 Å². The number of rotatable bonds is 13. The summed E-state index contributed by atoms with van der Waals surface area (Å²) in [5.41, 5.74) is 1.61. The largest absolute Gasteiger partial charge is 0.480 e. The number of carboxylic acid groups (broad SMARTS) is 2. The Bertz CT molecular complexity index is 902. The van der Waals surface area contributed by atoms with Crippen LogP contribution in [0.25, 0.3) is 0 Å². The summed E-state index contributed by atoms with van der Waals surface area (Å²) < 4.78 is 0. The minimum atomic E-state index is -0.974. The van der Waals surface area contributed by atoms with Crippen LogP contribution in [-0.4, -0.2) is 149 Å². The molecule has 0 aliphatic carbocycles. The molecule has 1 unspecified atom stereocenters. The van der Waals surface area contributed by atoms with E-state index < -0.39 is 11.9 Å². The number of hydrogen-bond acceptors (Lipinski definition) is 12. The third kappa shape index (κ3) is 12.5. The summed E-state index contributed by atoms with van der Waals surface area (Å²) >= 11 is 4.66. The standard InChI is InChI=1S/C24H37N5O8S/c30-23(31)17-28-8-7-26(11-13-36-34)5-6-27(12-14-37-35)9-10-29(18-24(32)33)22(16-28)15-20-1-3-21(4-2-20)25-19-38/h1-4,22,34-35H,5-18H2,(H,30,31)(H,32,33). The Kier molecular flexibility index (Phi) is 15.1. The predicted molar refractivity (Wildman–Crippen MR) is 142 cm³/mol. The van der Waals surface area contributed by atoms with Gasteiger partial charge in [0.1, 0.15) is 0 Å². The lowest BCUT2D eigenvalue weighted by atomic mass is 10.0. The van der Waals surface area contributed by atoms with E-state index in [4.69, 9.17) is 10.5 Å². The van der Waals surface area contributed by atoms with Gasteiger partial charge in [-0.1, -0.05) is 12.1 Å². The average Bonchev–Trinajstić information content (AvgIpc) is 2.87.